The molecule has 0 saturated carbocycles. The minimum Gasteiger partial charge on any atom is -0.462 e. The van der Waals surface area contributed by atoms with Crippen molar-refractivity contribution in [2.75, 3.05) is 11.9 Å². The van der Waals surface area contributed by atoms with Crippen molar-refractivity contribution in [3.63, 3.8) is 0 Å². The first-order chi connectivity index (χ1) is 13.9. The van der Waals surface area contributed by atoms with Gasteiger partial charge in [-0.1, -0.05) is 12.1 Å². The Morgan fingerprint density at radius 2 is 1.83 bits per heavy atom. The largest absolute Gasteiger partial charge is 0.462 e. The van der Waals surface area contributed by atoms with Gasteiger partial charge in [-0.3, -0.25) is 9.59 Å². The number of hydrogen-bond acceptors (Lipinski definition) is 5. The quantitative estimate of drug-likeness (QED) is 0.671. The monoisotopic (exact) mass is 395 g/mol. The first kappa shape index (κ1) is 19.9. The van der Waals surface area contributed by atoms with Gasteiger partial charge in [0.15, 0.2) is 5.69 Å². The van der Waals surface area contributed by atoms with E-state index in [-0.39, 0.29) is 18.0 Å². The van der Waals surface area contributed by atoms with E-state index in [0.717, 1.165) is 0 Å². The molecule has 1 heterocycles. The van der Waals surface area contributed by atoms with Crippen LogP contribution in [-0.2, 0) is 4.74 Å². The van der Waals surface area contributed by atoms with Gasteiger partial charge >= 0.3 is 5.97 Å². The fourth-order valence-corrected chi connectivity index (χ4v) is 2.67. The molecule has 1 amide bonds. The molecule has 0 spiro atoms. The van der Waals surface area contributed by atoms with Gasteiger partial charge < -0.3 is 10.1 Å². The first-order valence-corrected chi connectivity index (χ1v) is 8.85. The van der Waals surface area contributed by atoms with Gasteiger partial charge in [-0.15, -0.1) is 0 Å². The topological polar surface area (TPSA) is 90.3 Å². The number of ether oxygens (including phenoxy) is 1. The van der Waals surface area contributed by atoms with E-state index in [4.69, 9.17) is 4.74 Å². The molecule has 3 rings (SSSR count). The second-order valence-corrected chi connectivity index (χ2v) is 6.11. The van der Waals surface area contributed by atoms with Crippen molar-refractivity contribution in [3.05, 3.63) is 87.6 Å². The van der Waals surface area contributed by atoms with Crippen LogP contribution in [0.3, 0.4) is 0 Å². The van der Waals surface area contributed by atoms with Crippen LogP contribution in [0.15, 0.2) is 59.4 Å². The fourth-order valence-electron chi connectivity index (χ4n) is 2.67. The van der Waals surface area contributed by atoms with Crippen molar-refractivity contribution in [1.82, 2.24) is 9.78 Å². The molecule has 0 aliphatic rings. The van der Waals surface area contributed by atoms with E-state index in [0.29, 0.717) is 16.9 Å². The predicted molar refractivity (Wildman–Crippen MR) is 105 cm³/mol. The van der Waals surface area contributed by atoms with E-state index in [2.05, 4.69) is 10.4 Å². The predicted octanol–water partition coefficient (Wildman–Crippen LogP) is 3.11. The van der Waals surface area contributed by atoms with Gasteiger partial charge in [-0.2, -0.15) is 5.10 Å². The van der Waals surface area contributed by atoms with Crippen molar-refractivity contribution < 1.29 is 18.7 Å². The number of esters is 1. The molecule has 2 aromatic carbocycles. The normalized spacial score (nSPS) is 10.4. The molecule has 0 atom stereocenters. The van der Waals surface area contributed by atoms with Crippen molar-refractivity contribution in [1.29, 1.82) is 0 Å². The Kier molecular flexibility index (Phi) is 5.82. The van der Waals surface area contributed by atoms with Crippen molar-refractivity contribution in [3.8, 4) is 5.69 Å². The molecule has 148 valence electrons. The van der Waals surface area contributed by atoms with Crippen LogP contribution in [0.1, 0.15) is 33.5 Å². The van der Waals surface area contributed by atoms with Gasteiger partial charge in [0.2, 0.25) is 5.43 Å². The minimum atomic E-state index is -0.746. The maximum absolute atomic E-state index is 14.1. The Bertz CT molecular complexity index is 1120. The summed E-state index contributed by atoms with van der Waals surface area (Å²) in [5.74, 6) is -1.75. The smallest absolute Gasteiger partial charge is 0.338 e. The lowest BCUT2D eigenvalue weighted by Gasteiger charge is -2.12. The molecule has 29 heavy (non-hydrogen) atoms. The zero-order valence-corrected chi connectivity index (χ0v) is 15.8. The van der Waals surface area contributed by atoms with Gasteiger partial charge in [0.05, 0.1) is 12.2 Å². The minimum absolute atomic E-state index is 0.123. The van der Waals surface area contributed by atoms with Crippen LogP contribution in [0.5, 0.6) is 0 Å². The molecule has 0 aliphatic heterocycles. The summed E-state index contributed by atoms with van der Waals surface area (Å²) >= 11 is 0. The molecule has 8 heteroatoms. The molecule has 3 aromatic rings. The lowest BCUT2D eigenvalue weighted by Crippen LogP contribution is -2.27. The molecule has 0 radical (unpaired) electrons. The highest BCUT2D eigenvalue weighted by Gasteiger charge is 2.17. The fraction of sp³-hybridized carbons (Fsp3) is 0.143. The summed E-state index contributed by atoms with van der Waals surface area (Å²) < 4.78 is 20.2. The molecule has 0 fully saturated rings. The molecular weight excluding hydrogens is 377 g/mol. The number of benzene rings is 2. The lowest BCUT2D eigenvalue weighted by atomic mass is 10.2. The zero-order chi connectivity index (χ0) is 21.0. The van der Waals surface area contributed by atoms with E-state index < -0.39 is 23.1 Å². The number of anilines is 1. The van der Waals surface area contributed by atoms with Crippen LogP contribution in [0, 0.1) is 12.7 Å². The molecule has 1 aromatic heterocycles. The number of aryl methyl sites for hydroxylation is 1. The van der Waals surface area contributed by atoms with Crippen molar-refractivity contribution >= 4 is 17.6 Å². The van der Waals surface area contributed by atoms with Crippen LogP contribution in [-0.4, -0.2) is 28.3 Å². The third-order valence-corrected chi connectivity index (χ3v) is 4.06. The van der Waals surface area contributed by atoms with E-state index >= 15 is 0 Å². The summed E-state index contributed by atoms with van der Waals surface area (Å²) in [5, 5.41) is 6.60. The molecule has 0 unspecified atom stereocenters. The van der Waals surface area contributed by atoms with E-state index in [9.17, 15) is 18.8 Å². The first-order valence-electron chi connectivity index (χ1n) is 8.85. The zero-order valence-electron chi connectivity index (χ0n) is 15.8. The molecule has 0 aliphatic carbocycles. The number of amides is 1. The molecule has 0 saturated heterocycles. The highest BCUT2D eigenvalue weighted by molar-refractivity contribution is 6.03. The Morgan fingerprint density at radius 3 is 2.48 bits per heavy atom. The summed E-state index contributed by atoms with van der Waals surface area (Å²) in [7, 11) is 0. The van der Waals surface area contributed by atoms with E-state index in [1.807, 2.05) is 0 Å². The maximum Gasteiger partial charge on any atom is 0.338 e. The highest BCUT2D eigenvalue weighted by atomic mass is 19.1. The van der Waals surface area contributed by atoms with Gasteiger partial charge in [0, 0.05) is 17.4 Å². The number of nitrogens with one attached hydrogen (secondary N) is 1. The van der Waals surface area contributed by atoms with Gasteiger partial charge in [-0.05, 0) is 50.2 Å². The number of para-hydroxylation sites is 1. The van der Waals surface area contributed by atoms with Gasteiger partial charge in [-0.25, -0.2) is 13.9 Å². The van der Waals surface area contributed by atoms with Crippen LogP contribution < -0.4 is 10.7 Å². The van der Waals surface area contributed by atoms with Gasteiger partial charge in [0.25, 0.3) is 5.91 Å². The SMILES string of the molecule is CCOC(=O)c1ccc(NC(=O)c2nn(-c3ccccc3F)c(C)cc2=O)cc1. The number of carbonyl (C=O) groups is 2. The number of rotatable bonds is 5. The summed E-state index contributed by atoms with van der Waals surface area (Å²) in [6.45, 7) is 3.55. The average Bonchev–Trinajstić information content (AvgIpc) is 2.69. The average molecular weight is 395 g/mol. The Hall–Kier alpha value is -3.81. The van der Waals surface area contributed by atoms with E-state index in [1.165, 1.54) is 53.2 Å². The number of nitrogens with zero attached hydrogens (tertiary/aromatic N) is 2. The second-order valence-electron chi connectivity index (χ2n) is 6.11. The standard InChI is InChI=1S/C21H18FN3O4/c1-3-29-21(28)14-8-10-15(11-9-14)23-20(27)19-18(26)12-13(2)25(24-19)17-7-5-4-6-16(17)22/h4-12H,3H2,1-2H3,(H,23,27). The Morgan fingerprint density at radius 1 is 1.14 bits per heavy atom. The number of aromatic nitrogens is 2. The second kappa shape index (κ2) is 8.47. The Balaban J connectivity index is 1.88. The van der Waals surface area contributed by atoms with Gasteiger partial charge in [0.1, 0.15) is 11.5 Å². The maximum atomic E-state index is 14.1. The van der Waals surface area contributed by atoms with Crippen LogP contribution in [0.25, 0.3) is 5.69 Å². The lowest BCUT2D eigenvalue weighted by molar-refractivity contribution is 0.0526. The summed E-state index contributed by atoms with van der Waals surface area (Å²) in [6.07, 6.45) is 0. The molecular formula is C21H18FN3O4. The highest BCUT2D eigenvalue weighted by Crippen LogP contribution is 2.14. The summed E-state index contributed by atoms with van der Waals surface area (Å²) in [6, 6.07) is 13.1. The van der Waals surface area contributed by atoms with Crippen LogP contribution in [0.4, 0.5) is 10.1 Å². The Labute approximate surface area is 165 Å². The summed E-state index contributed by atoms with van der Waals surface area (Å²) in [4.78, 5) is 36.5. The van der Waals surface area contributed by atoms with E-state index in [1.54, 1.807) is 19.9 Å². The number of carbonyl (C=O) groups excluding carboxylic acids is 2. The van der Waals surface area contributed by atoms with Crippen LogP contribution >= 0.6 is 0 Å². The van der Waals surface area contributed by atoms with Crippen molar-refractivity contribution in [2.45, 2.75) is 13.8 Å². The number of halogens is 1. The third kappa shape index (κ3) is 4.37. The summed E-state index contributed by atoms with van der Waals surface area (Å²) in [5.41, 5.74) is 0.236. The third-order valence-electron chi connectivity index (χ3n) is 4.06. The molecule has 0 bridgehead atoms. The number of hydrogen-bond donors (Lipinski definition) is 1. The molecule has 7 nitrogen and oxygen atoms in total. The molecule has 1 N–H and O–H groups in total. The van der Waals surface area contributed by atoms with Crippen molar-refractivity contribution in [2.24, 2.45) is 0 Å². The van der Waals surface area contributed by atoms with Crippen LogP contribution in [0.2, 0.25) is 0 Å².